The average Bonchev–Trinajstić information content (AvgIpc) is 3.32. The van der Waals surface area contributed by atoms with Crippen LogP contribution in [-0.4, -0.2) is 43.8 Å². The molecule has 0 spiro atoms. The number of nitrogens with one attached hydrogen (secondary N) is 1. The second kappa shape index (κ2) is 8.20. The first-order chi connectivity index (χ1) is 13.6. The predicted molar refractivity (Wildman–Crippen MR) is 120 cm³/mol. The third-order valence-corrected chi connectivity index (χ3v) is 5.83. The molecular formula is C20H25IN6O. The first kappa shape index (κ1) is 19.4. The van der Waals surface area contributed by atoms with E-state index in [1.54, 1.807) is 0 Å². The number of nitrogens with zero attached hydrogens (tertiary/aromatic N) is 5. The fourth-order valence-electron chi connectivity index (χ4n) is 3.66. The van der Waals surface area contributed by atoms with Gasteiger partial charge in [0.2, 0.25) is 5.95 Å². The number of aliphatic hydroxyl groups is 1. The van der Waals surface area contributed by atoms with E-state index in [2.05, 4.69) is 80.5 Å². The van der Waals surface area contributed by atoms with Crippen molar-refractivity contribution < 1.29 is 5.11 Å². The lowest BCUT2D eigenvalue weighted by Crippen LogP contribution is -2.33. The number of benzene rings is 1. The van der Waals surface area contributed by atoms with E-state index in [-0.39, 0.29) is 18.7 Å². The fraction of sp³-hybridized carbons (Fsp3) is 0.450. The van der Waals surface area contributed by atoms with Crippen molar-refractivity contribution in [2.75, 3.05) is 23.4 Å². The van der Waals surface area contributed by atoms with Crippen LogP contribution in [0.1, 0.15) is 38.3 Å². The lowest BCUT2D eigenvalue weighted by Gasteiger charge is -2.23. The second-order valence-corrected chi connectivity index (χ2v) is 8.69. The van der Waals surface area contributed by atoms with E-state index < -0.39 is 0 Å². The van der Waals surface area contributed by atoms with E-state index in [9.17, 15) is 5.11 Å². The summed E-state index contributed by atoms with van der Waals surface area (Å²) >= 11 is 2.32. The van der Waals surface area contributed by atoms with E-state index in [1.165, 1.54) is 9.13 Å². The Hall–Kier alpha value is -1.94. The number of hydrogen-bond donors (Lipinski definition) is 2. The van der Waals surface area contributed by atoms with Gasteiger partial charge >= 0.3 is 0 Å². The molecule has 0 bridgehead atoms. The first-order valence-electron chi connectivity index (χ1n) is 9.67. The summed E-state index contributed by atoms with van der Waals surface area (Å²) in [5.41, 5.74) is 2.80. The largest absolute Gasteiger partial charge is 0.394 e. The first-order valence-corrected chi connectivity index (χ1v) is 10.7. The van der Waals surface area contributed by atoms with Crippen LogP contribution in [0.4, 0.5) is 11.8 Å². The molecule has 0 unspecified atom stereocenters. The van der Waals surface area contributed by atoms with Crippen LogP contribution in [0.25, 0.3) is 11.2 Å². The summed E-state index contributed by atoms with van der Waals surface area (Å²) in [7, 11) is 0. The van der Waals surface area contributed by atoms with Gasteiger partial charge in [-0.2, -0.15) is 9.97 Å². The number of anilines is 2. The molecule has 7 nitrogen and oxygen atoms in total. The van der Waals surface area contributed by atoms with Crippen molar-refractivity contribution in [3.8, 4) is 0 Å². The topological polar surface area (TPSA) is 79.1 Å². The Labute approximate surface area is 178 Å². The molecule has 1 saturated heterocycles. The van der Waals surface area contributed by atoms with Gasteiger partial charge in [-0.15, -0.1) is 0 Å². The summed E-state index contributed by atoms with van der Waals surface area (Å²) in [6.07, 6.45) is 3.84. The molecule has 0 radical (unpaired) electrons. The van der Waals surface area contributed by atoms with Crippen molar-refractivity contribution in [3.05, 3.63) is 39.7 Å². The van der Waals surface area contributed by atoms with E-state index in [0.717, 1.165) is 36.4 Å². The fourth-order valence-corrected chi connectivity index (χ4v) is 4.26. The molecular weight excluding hydrogens is 467 g/mol. The van der Waals surface area contributed by atoms with Crippen molar-refractivity contribution in [1.29, 1.82) is 0 Å². The quantitative estimate of drug-likeness (QED) is 0.513. The maximum atomic E-state index is 9.73. The van der Waals surface area contributed by atoms with E-state index in [4.69, 9.17) is 9.97 Å². The second-order valence-electron chi connectivity index (χ2n) is 7.45. The standard InChI is InChI=1S/C20H25IN6O/c1-13(2)27-12-23-17-18(22-10-14-5-3-6-15(21)9-14)24-20(25-19(17)27)26-8-4-7-16(26)11-28/h3,5-6,9,12-13,16,28H,4,7-8,10-11H2,1-2H3,(H,22,24,25)/t16-/m0/s1. The van der Waals surface area contributed by atoms with E-state index in [1.807, 2.05) is 6.33 Å². The Morgan fingerprint density at radius 3 is 2.93 bits per heavy atom. The van der Waals surface area contributed by atoms with Gasteiger partial charge in [0.1, 0.15) is 0 Å². The van der Waals surface area contributed by atoms with E-state index in [0.29, 0.717) is 12.5 Å². The zero-order valence-corrected chi connectivity index (χ0v) is 18.3. The summed E-state index contributed by atoms with van der Waals surface area (Å²) in [4.78, 5) is 16.3. The zero-order valence-electron chi connectivity index (χ0n) is 16.1. The van der Waals surface area contributed by atoms with Gasteiger partial charge in [-0.3, -0.25) is 0 Å². The smallest absolute Gasteiger partial charge is 0.229 e. The molecule has 1 fully saturated rings. The van der Waals surface area contributed by atoms with Gasteiger partial charge in [0.25, 0.3) is 0 Å². The lowest BCUT2D eigenvalue weighted by molar-refractivity contribution is 0.265. The summed E-state index contributed by atoms with van der Waals surface area (Å²) in [5.74, 6) is 1.40. The molecule has 148 valence electrons. The average molecular weight is 492 g/mol. The maximum absolute atomic E-state index is 9.73. The SMILES string of the molecule is CC(C)n1cnc2c(NCc3cccc(I)c3)nc(N3CCC[C@H]3CO)nc21. The molecule has 2 N–H and O–H groups in total. The van der Waals surface area contributed by atoms with Gasteiger partial charge in [0.15, 0.2) is 17.0 Å². The van der Waals surface area contributed by atoms with Gasteiger partial charge in [0.05, 0.1) is 19.0 Å². The van der Waals surface area contributed by atoms with Gasteiger partial charge < -0.3 is 19.9 Å². The number of imidazole rings is 1. The highest BCUT2D eigenvalue weighted by Crippen LogP contribution is 2.28. The Morgan fingerprint density at radius 2 is 2.18 bits per heavy atom. The van der Waals surface area contributed by atoms with Crippen LogP contribution in [0, 0.1) is 3.57 Å². The third kappa shape index (κ3) is 3.80. The minimum Gasteiger partial charge on any atom is -0.394 e. The number of halogens is 1. The molecule has 1 aromatic carbocycles. The van der Waals surface area contributed by atoms with Crippen LogP contribution in [-0.2, 0) is 6.54 Å². The highest BCUT2D eigenvalue weighted by Gasteiger charge is 2.27. The van der Waals surface area contributed by atoms with Crippen LogP contribution in [0.2, 0.25) is 0 Å². The number of aliphatic hydroxyl groups excluding tert-OH is 1. The Morgan fingerprint density at radius 1 is 1.32 bits per heavy atom. The summed E-state index contributed by atoms with van der Waals surface area (Å²) in [5, 5.41) is 13.2. The molecule has 1 aliphatic heterocycles. The minimum atomic E-state index is 0.0800. The van der Waals surface area contributed by atoms with Crippen molar-refractivity contribution in [2.24, 2.45) is 0 Å². The normalized spacial score (nSPS) is 17.0. The number of rotatable bonds is 6. The van der Waals surface area contributed by atoms with Gasteiger partial charge in [0, 0.05) is 22.7 Å². The van der Waals surface area contributed by atoms with E-state index >= 15 is 0 Å². The van der Waals surface area contributed by atoms with Gasteiger partial charge in [-0.05, 0) is 67.0 Å². The summed E-state index contributed by atoms with van der Waals surface area (Å²) in [6, 6.07) is 8.73. The number of aromatic nitrogens is 4. The Balaban J connectivity index is 1.73. The molecule has 3 aromatic rings. The highest BCUT2D eigenvalue weighted by atomic mass is 127. The van der Waals surface area contributed by atoms with Crippen molar-refractivity contribution >= 4 is 45.5 Å². The molecule has 2 aromatic heterocycles. The molecule has 3 heterocycles. The van der Waals surface area contributed by atoms with Crippen molar-refractivity contribution in [2.45, 2.75) is 45.3 Å². The molecule has 28 heavy (non-hydrogen) atoms. The Kier molecular flexibility index (Phi) is 5.68. The zero-order chi connectivity index (χ0) is 19.7. The molecule has 4 rings (SSSR count). The van der Waals surface area contributed by atoms with Crippen LogP contribution in [0.15, 0.2) is 30.6 Å². The van der Waals surface area contributed by atoms with Crippen molar-refractivity contribution in [1.82, 2.24) is 19.5 Å². The monoisotopic (exact) mass is 492 g/mol. The molecule has 0 saturated carbocycles. The maximum Gasteiger partial charge on any atom is 0.229 e. The third-order valence-electron chi connectivity index (χ3n) is 5.16. The molecule has 1 atom stereocenters. The van der Waals surface area contributed by atoms with Crippen LogP contribution < -0.4 is 10.2 Å². The summed E-state index contributed by atoms with van der Waals surface area (Å²) in [6.45, 7) is 5.89. The Bertz CT molecular complexity index is 972. The molecule has 0 amide bonds. The van der Waals surface area contributed by atoms with Gasteiger partial charge in [-0.1, -0.05) is 12.1 Å². The lowest BCUT2D eigenvalue weighted by atomic mass is 10.2. The van der Waals surface area contributed by atoms with Crippen molar-refractivity contribution in [3.63, 3.8) is 0 Å². The van der Waals surface area contributed by atoms with Crippen LogP contribution >= 0.6 is 22.6 Å². The molecule has 0 aliphatic carbocycles. The van der Waals surface area contributed by atoms with Gasteiger partial charge in [-0.25, -0.2) is 4.98 Å². The number of hydrogen-bond acceptors (Lipinski definition) is 6. The van der Waals surface area contributed by atoms with Crippen LogP contribution in [0.5, 0.6) is 0 Å². The minimum absolute atomic E-state index is 0.0800. The summed E-state index contributed by atoms with van der Waals surface area (Å²) < 4.78 is 3.28. The molecule has 8 heteroatoms. The highest BCUT2D eigenvalue weighted by molar-refractivity contribution is 14.1. The number of fused-ring (bicyclic) bond motifs is 1. The predicted octanol–water partition coefficient (Wildman–Crippen LogP) is 3.59. The molecule has 1 aliphatic rings. The van der Waals surface area contributed by atoms with Crippen LogP contribution in [0.3, 0.4) is 0 Å².